The number of methoxy groups -OCH3 is 1. The first-order valence-electron chi connectivity index (χ1n) is 6.39. The van der Waals surface area contributed by atoms with E-state index in [0.717, 1.165) is 18.6 Å². The van der Waals surface area contributed by atoms with Crippen LogP contribution in [0.15, 0.2) is 18.2 Å². The molecule has 1 aromatic carbocycles. The van der Waals surface area contributed by atoms with Crippen molar-refractivity contribution >= 4 is 5.84 Å². The molecule has 2 rings (SSSR count). The van der Waals surface area contributed by atoms with Crippen LogP contribution in [0.25, 0.3) is 0 Å². The van der Waals surface area contributed by atoms with E-state index in [1.54, 1.807) is 19.2 Å². The molecule has 0 atom stereocenters. The van der Waals surface area contributed by atoms with Crippen LogP contribution in [0.1, 0.15) is 37.7 Å². The van der Waals surface area contributed by atoms with Crippen molar-refractivity contribution in [3.8, 4) is 11.5 Å². The van der Waals surface area contributed by atoms with Gasteiger partial charge < -0.3 is 15.2 Å². The summed E-state index contributed by atoms with van der Waals surface area (Å²) < 4.78 is 11.2. The van der Waals surface area contributed by atoms with Gasteiger partial charge in [-0.2, -0.15) is 0 Å². The summed E-state index contributed by atoms with van der Waals surface area (Å²) in [6.07, 6.45) is 6.25. The lowest BCUT2D eigenvalue weighted by atomic mass is 9.98. The Morgan fingerprint density at radius 2 is 1.83 bits per heavy atom. The van der Waals surface area contributed by atoms with Gasteiger partial charge in [-0.15, -0.1) is 0 Å². The van der Waals surface area contributed by atoms with Gasteiger partial charge in [-0.25, -0.2) is 0 Å². The van der Waals surface area contributed by atoms with Gasteiger partial charge in [0.1, 0.15) is 17.3 Å². The van der Waals surface area contributed by atoms with Gasteiger partial charge in [-0.3, -0.25) is 5.41 Å². The van der Waals surface area contributed by atoms with Gasteiger partial charge in [0.2, 0.25) is 0 Å². The largest absolute Gasteiger partial charge is 0.497 e. The SMILES string of the molecule is COc1cc(OC2CCCCC2)cc(C(=N)N)c1. The molecule has 1 saturated carbocycles. The first-order chi connectivity index (χ1) is 8.69. The van der Waals surface area contributed by atoms with E-state index in [1.165, 1.54) is 19.3 Å². The van der Waals surface area contributed by atoms with E-state index >= 15 is 0 Å². The molecule has 3 N–H and O–H groups in total. The Hall–Kier alpha value is -1.71. The molecule has 0 unspecified atom stereocenters. The molecule has 0 aliphatic heterocycles. The van der Waals surface area contributed by atoms with E-state index in [0.29, 0.717) is 11.3 Å². The summed E-state index contributed by atoms with van der Waals surface area (Å²) in [5, 5.41) is 7.49. The average Bonchev–Trinajstić information content (AvgIpc) is 2.39. The monoisotopic (exact) mass is 248 g/mol. The minimum absolute atomic E-state index is 0.0300. The Labute approximate surface area is 108 Å². The maximum Gasteiger partial charge on any atom is 0.124 e. The molecule has 18 heavy (non-hydrogen) atoms. The Morgan fingerprint density at radius 3 is 2.44 bits per heavy atom. The van der Waals surface area contributed by atoms with Crippen LogP contribution in [0.4, 0.5) is 0 Å². The lowest BCUT2D eigenvalue weighted by molar-refractivity contribution is 0.154. The van der Waals surface area contributed by atoms with E-state index in [-0.39, 0.29) is 11.9 Å². The number of rotatable bonds is 4. The standard InChI is InChI=1S/C14H20N2O2/c1-17-12-7-10(14(15)16)8-13(9-12)18-11-5-3-2-4-6-11/h7-9,11H,2-6H2,1H3,(H3,15,16). The molecular weight excluding hydrogens is 228 g/mol. The van der Waals surface area contributed by atoms with E-state index in [2.05, 4.69) is 0 Å². The van der Waals surface area contributed by atoms with Crippen molar-refractivity contribution in [1.82, 2.24) is 0 Å². The van der Waals surface area contributed by atoms with Crippen molar-refractivity contribution in [2.24, 2.45) is 5.73 Å². The number of nitrogens with one attached hydrogen (secondary N) is 1. The molecule has 4 heteroatoms. The van der Waals surface area contributed by atoms with Crippen molar-refractivity contribution in [3.63, 3.8) is 0 Å². The highest BCUT2D eigenvalue weighted by Crippen LogP contribution is 2.27. The number of hydrogen-bond acceptors (Lipinski definition) is 3. The van der Waals surface area contributed by atoms with Crippen LogP contribution in [0.3, 0.4) is 0 Å². The normalized spacial score (nSPS) is 16.3. The van der Waals surface area contributed by atoms with Crippen LogP contribution in [0.5, 0.6) is 11.5 Å². The Morgan fingerprint density at radius 1 is 1.17 bits per heavy atom. The molecule has 1 aliphatic rings. The first kappa shape index (κ1) is 12.7. The van der Waals surface area contributed by atoms with Crippen molar-refractivity contribution in [3.05, 3.63) is 23.8 Å². The van der Waals surface area contributed by atoms with Gasteiger partial charge in [-0.1, -0.05) is 6.42 Å². The summed E-state index contributed by atoms with van der Waals surface area (Å²) in [7, 11) is 1.60. The van der Waals surface area contributed by atoms with E-state index < -0.39 is 0 Å². The fraction of sp³-hybridized carbons (Fsp3) is 0.500. The number of nitrogens with two attached hydrogens (primary N) is 1. The van der Waals surface area contributed by atoms with Crippen LogP contribution in [-0.2, 0) is 0 Å². The highest BCUT2D eigenvalue weighted by molar-refractivity contribution is 5.95. The zero-order valence-corrected chi connectivity index (χ0v) is 10.7. The summed E-state index contributed by atoms with van der Waals surface area (Å²) >= 11 is 0. The van der Waals surface area contributed by atoms with Crippen molar-refractivity contribution < 1.29 is 9.47 Å². The third-order valence-electron chi connectivity index (χ3n) is 3.28. The number of benzene rings is 1. The first-order valence-corrected chi connectivity index (χ1v) is 6.39. The fourth-order valence-electron chi connectivity index (χ4n) is 2.29. The average molecular weight is 248 g/mol. The number of hydrogen-bond donors (Lipinski definition) is 2. The molecule has 0 spiro atoms. The second kappa shape index (κ2) is 5.76. The van der Waals surface area contributed by atoms with Crippen molar-refractivity contribution in [2.75, 3.05) is 7.11 Å². The summed E-state index contributed by atoms with van der Waals surface area (Å²) in [6.45, 7) is 0. The van der Waals surface area contributed by atoms with Crippen LogP contribution in [0, 0.1) is 5.41 Å². The Bertz CT molecular complexity index is 426. The van der Waals surface area contributed by atoms with E-state index in [4.69, 9.17) is 20.6 Å². The minimum Gasteiger partial charge on any atom is -0.497 e. The van der Waals surface area contributed by atoms with Gasteiger partial charge >= 0.3 is 0 Å². The molecule has 0 radical (unpaired) electrons. The molecule has 98 valence electrons. The fourth-order valence-corrected chi connectivity index (χ4v) is 2.29. The maximum absolute atomic E-state index is 7.49. The van der Waals surface area contributed by atoms with Crippen LogP contribution >= 0.6 is 0 Å². The van der Waals surface area contributed by atoms with Gasteiger partial charge in [0, 0.05) is 11.6 Å². The molecule has 0 heterocycles. The summed E-state index contributed by atoms with van der Waals surface area (Å²) in [5.74, 6) is 1.45. The van der Waals surface area contributed by atoms with Crippen molar-refractivity contribution in [1.29, 1.82) is 5.41 Å². The molecular formula is C14H20N2O2. The van der Waals surface area contributed by atoms with Crippen LogP contribution in [-0.4, -0.2) is 19.0 Å². The van der Waals surface area contributed by atoms with Gasteiger partial charge in [0.15, 0.2) is 0 Å². The molecule has 0 aromatic heterocycles. The summed E-state index contributed by atoms with van der Waals surface area (Å²) in [6, 6.07) is 5.40. The molecule has 1 fully saturated rings. The molecule has 0 bridgehead atoms. The quantitative estimate of drug-likeness (QED) is 0.636. The molecule has 0 saturated heterocycles. The number of nitrogen functional groups attached to an aromatic ring is 1. The Balaban J connectivity index is 2.15. The Kier molecular flexibility index (Phi) is 4.07. The maximum atomic E-state index is 7.49. The zero-order chi connectivity index (χ0) is 13.0. The lowest BCUT2D eigenvalue weighted by Gasteiger charge is -2.23. The van der Waals surface area contributed by atoms with Gasteiger partial charge in [0.05, 0.1) is 13.2 Å². The highest BCUT2D eigenvalue weighted by atomic mass is 16.5. The second-order valence-corrected chi connectivity index (χ2v) is 4.69. The molecule has 0 amide bonds. The molecule has 4 nitrogen and oxygen atoms in total. The summed E-state index contributed by atoms with van der Waals surface area (Å²) in [5.41, 5.74) is 6.15. The third kappa shape index (κ3) is 3.15. The van der Waals surface area contributed by atoms with Crippen LogP contribution < -0.4 is 15.2 Å². The zero-order valence-electron chi connectivity index (χ0n) is 10.7. The highest BCUT2D eigenvalue weighted by Gasteiger charge is 2.15. The van der Waals surface area contributed by atoms with Gasteiger partial charge in [0.25, 0.3) is 0 Å². The number of ether oxygens (including phenoxy) is 2. The predicted octanol–water partition coefficient (Wildman–Crippen LogP) is 2.69. The predicted molar refractivity (Wildman–Crippen MR) is 71.5 cm³/mol. The molecule has 1 aromatic rings. The minimum atomic E-state index is 0.0300. The third-order valence-corrected chi connectivity index (χ3v) is 3.28. The second-order valence-electron chi connectivity index (χ2n) is 4.69. The van der Waals surface area contributed by atoms with Crippen LogP contribution in [0.2, 0.25) is 0 Å². The molecule has 1 aliphatic carbocycles. The van der Waals surface area contributed by atoms with Crippen molar-refractivity contribution in [2.45, 2.75) is 38.2 Å². The topological polar surface area (TPSA) is 68.3 Å². The lowest BCUT2D eigenvalue weighted by Crippen LogP contribution is -2.20. The number of amidine groups is 1. The van der Waals surface area contributed by atoms with Gasteiger partial charge in [-0.05, 0) is 37.8 Å². The van der Waals surface area contributed by atoms with E-state index in [1.807, 2.05) is 6.07 Å². The summed E-state index contributed by atoms with van der Waals surface area (Å²) in [4.78, 5) is 0. The smallest absolute Gasteiger partial charge is 0.124 e. The van der Waals surface area contributed by atoms with E-state index in [9.17, 15) is 0 Å².